The van der Waals surface area contributed by atoms with Gasteiger partial charge >= 0.3 is 0 Å². The molecule has 0 atom stereocenters. The van der Waals surface area contributed by atoms with E-state index in [1.807, 2.05) is 6.08 Å². The minimum Gasteiger partial charge on any atom is -0.366 e. The second kappa shape index (κ2) is 5.30. The van der Waals surface area contributed by atoms with Gasteiger partial charge in [0.15, 0.2) is 5.79 Å². The van der Waals surface area contributed by atoms with E-state index >= 15 is 0 Å². The molecule has 0 saturated carbocycles. The highest BCUT2D eigenvalue weighted by molar-refractivity contribution is 9.28. The van der Waals surface area contributed by atoms with Gasteiger partial charge in [-0.25, -0.2) is 0 Å². The van der Waals surface area contributed by atoms with Crippen LogP contribution in [0.2, 0.25) is 0 Å². The summed E-state index contributed by atoms with van der Waals surface area (Å²) in [4.78, 5) is 0. The summed E-state index contributed by atoms with van der Waals surface area (Å²) in [6.07, 6.45) is 2.70. The van der Waals surface area contributed by atoms with Crippen LogP contribution in [0.3, 0.4) is 0 Å². The molecule has 0 aromatic carbocycles. The van der Waals surface area contributed by atoms with Gasteiger partial charge in [0.2, 0.25) is 0 Å². The largest absolute Gasteiger partial charge is 0.366 e. The molecule has 1 N–H and O–H groups in total. The van der Waals surface area contributed by atoms with Crippen LogP contribution in [0.1, 0.15) is 20.3 Å². The summed E-state index contributed by atoms with van der Waals surface area (Å²) in [5.74, 6) is -1.02. The molecule has 11 heavy (non-hydrogen) atoms. The van der Waals surface area contributed by atoms with Crippen molar-refractivity contribution < 1.29 is 9.84 Å². The first-order valence-corrected chi connectivity index (χ1v) is 4.88. The Labute approximate surface area is 83.9 Å². The van der Waals surface area contributed by atoms with E-state index < -0.39 is 5.79 Å². The van der Waals surface area contributed by atoms with E-state index in [1.165, 1.54) is 0 Å². The molecule has 0 aliphatic rings. The Kier molecular flexibility index (Phi) is 5.60. The minimum absolute atomic E-state index is 0.518. The topological polar surface area (TPSA) is 29.5 Å². The van der Waals surface area contributed by atoms with Crippen LogP contribution in [0.15, 0.2) is 9.47 Å². The van der Waals surface area contributed by atoms with Crippen molar-refractivity contribution in [3.8, 4) is 0 Å². The molecule has 0 aromatic rings. The zero-order valence-electron chi connectivity index (χ0n) is 6.60. The molecule has 0 radical (unpaired) electrons. The van der Waals surface area contributed by atoms with Crippen molar-refractivity contribution in [3.63, 3.8) is 0 Å². The third kappa shape index (κ3) is 10.6. The second-order valence-electron chi connectivity index (χ2n) is 2.58. The van der Waals surface area contributed by atoms with E-state index in [0.29, 0.717) is 6.61 Å². The number of rotatable bonds is 4. The highest BCUT2D eigenvalue weighted by Gasteiger charge is 2.10. The van der Waals surface area contributed by atoms with Gasteiger partial charge in [0.05, 0.1) is 10.00 Å². The lowest BCUT2D eigenvalue weighted by molar-refractivity contribution is -0.174. The van der Waals surface area contributed by atoms with Gasteiger partial charge in [-0.15, -0.1) is 0 Å². The highest BCUT2D eigenvalue weighted by atomic mass is 79.9. The maximum Gasteiger partial charge on any atom is 0.159 e. The number of halogens is 2. The van der Waals surface area contributed by atoms with Crippen molar-refractivity contribution in [2.24, 2.45) is 0 Å². The van der Waals surface area contributed by atoms with Crippen LogP contribution < -0.4 is 0 Å². The smallest absolute Gasteiger partial charge is 0.159 e. The molecule has 0 amide bonds. The van der Waals surface area contributed by atoms with Crippen molar-refractivity contribution >= 4 is 31.9 Å². The molecular weight excluding hydrogens is 276 g/mol. The molecule has 0 bridgehead atoms. The summed E-state index contributed by atoms with van der Waals surface area (Å²) in [6.45, 7) is 3.74. The molecule has 0 spiro atoms. The normalized spacial score (nSPS) is 11.4. The highest BCUT2D eigenvalue weighted by Crippen LogP contribution is 2.14. The Hall–Kier alpha value is 0.620. The van der Waals surface area contributed by atoms with Crippen molar-refractivity contribution in [3.05, 3.63) is 9.47 Å². The number of hydrogen-bond acceptors (Lipinski definition) is 2. The zero-order valence-corrected chi connectivity index (χ0v) is 9.77. The molecule has 66 valence electrons. The van der Waals surface area contributed by atoms with Gasteiger partial charge in [0, 0.05) is 0 Å². The lowest BCUT2D eigenvalue weighted by atomic mass is 10.4. The fourth-order valence-electron chi connectivity index (χ4n) is 0.477. The molecule has 2 nitrogen and oxygen atoms in total. The van der Waals surface area contributed by atoms with Crippen LogP contribution in [-0.2, 0) is 4.74 Å². The first-order chi connectivity index (χ1) is 4.92. The Morgan fingerprint density at radius 2 is 2.09 bits per heavy atom. The average Bonchev–Trinajstić information content (AvgIpc) is 1.78. The molecule has 4 heteroatoms. The average molecular weight is 288 g/mol. The van der Waals surface area contributed by atoms with Gasteiger partial charge in [-0.3, -0.25) is 0 Å². The zero-order chi connectivity index (χ0) is 8.91. The summed E-state index contributed by atoms with van der Waals surface area (Å²) in [6, 6.07) is 0. The summed E-state index contributed by atoms with van der Waals surface area (Å²) in [5, 5.41) is 9.12. The molecule has 0 unspecified atom stereocenters. The molecule has 0 saturated heterocycles. The second-order valence-corrected chi connectivity index (χ2v) is 5.35. The van der Waals surface area contributed by atoms with Crippen molar-refractivity contribution in [1.29, 1.82) is 0 Å². The van der Waals surface area contributed by atoms with Crippen LogP contribution in [0.4, 0.5) is 0 Å². The van der Waals surface area contributed by atoms with Crippen molar-refractivity contribution in [2.75, 3.05) is 6.61 Å². The van der Waals surface area contributed by atoms with E-state index in [9.17, 15) is 0 Å². The standard InChI is InChI=1S/C7H12Br2O2/c1-7(2,10)11-5-3-4-6(8)9/h4,10H,3,5H2,1-2H3. The molecule has 0 heterocycles. The van der Waals surface area contributed by atoms with E-state index in [-0.39, 0.29) is 0 Å². The summed E-state index contributed by atoms with van der Waals surface area (Å²) >= 11 is 6.43. The number of aliphatic hydroxyl groups is 1. The third-order valence-corrected chi connectivity index (χ3v) is 1.52. The van der Waals surface area contributed by atoms with Gasteiger partial charge < -0.3 is 9.84 Å². The van der Waals surface area contributed by atoms with Gasteiger partial charge in [-0.1, -0.05) is 6.08 Å². The van der Waals surface area contributed by atoms with E-state index in [1.54, 1.807) is 13.8 Å². The molecule has 0 aliphatic carbocycles. The maximum absolute atomic E-state index is 9.12. The van der Waals surface area contributed by atoms with Crippen molar-refractivity contribution in [2.45, 2.75) is 26.1 Å². The van der Waals surface area contributed by atoms with Crippen LogP contribution in [0.5, 0.6) is 0 Å². The van der Waals surface area contributed by atoms with Gasteiger partial charge in [-0.2, -0.15) is 0 Å². The molecule has 0 rings (SSSR count). The molecule has 0 aliphatic heterocycles. The Balaban J connectivity index is 3.36. The van der Waals surface area contributed by atoms with E-state index in [4.69, 9.17) is 9.84 Å². The Bertz CT molecular complexity index is 134. The van der Waals surface area contributed by atoms with Gasteiger partial charge in [0.1, 0.15) is 0 Å². The predicted molar refractivity (Wildman–Crippen MR) is 52.8 cm³/mol. The summed E-state index contributed by atoms with van der Waals surface area (Å²) in [5.41, 5.74) is 0. The fraction of sp³-hybridized carbons (Fsp3) is 0.714. The SMILES string of the molecule is CC(C)(O)OCCC=C(Br)Br. The summed E-state index contributed by atoms with van der Waals surface area (Å²) < 4.78 is 5.96. The third-order valence-electron chi connectivity index (χ3n) is 0.872. The van der Waals surface area contributed by atoms with Crippen molar-refractivity contribution in [1.82, 2.24) is 0 Å². The van der Waals surface area contributed by atoms with Gasteiger partial charge in [0.25, 0.3) is 0 Å². The lowest BCUT2D eigenvalue weighted by Gasteiger charge is -2.17. The Morgan fingerprint density at radius 1 is 1.55 bits per heavy atom. The first-order valence-electron chi connectivity index (χ1n) is 3.29. The number of hydrogen-bond donors (Lipinski definition) is 1. The quantitative estimate of drug-likeness (QED) is 0.636. The van der Waals surface area contributed by atoms with Gasteiger partial charge in [-0.05, 0) is 52.1 Å². The van der Waals surface area contributed by atoms with E-state index in [0.717, 1.165) is 9.81 Å². The maximum atomic E-state index is 9.12. The minimum atomic E-state index is -1.02. The molecular formula is C7H12Br2O2. The van der Waals surface area contributed by atoms with Crippen LogP contribution >= 0.6 is 31.9 Å². The van der Waals surface area contributed by atoms with Crippen LogP contribution in [0, 0.1) is 0 Å². The predicted octanol–water partition coefficient (Wildman–Crippen LogP) is 2.75. The van der Waals surface area contributed by atoms with Crippen LogP contribution in [0.25, 0.3) is 0 Å². The first kappa shape index (κ1) is 11.6. The monoisotopic (exact) mass is 286 g/mol. The molecule has 0 fully saturated rings. The Morgan fingerprint density at radius 3 is 2.45 bits per heavy atom. The summed E-state index contributed by atoms with van der Waals surface area (Å²) in [7, 11) is 0. The number of ether oxygens (including phenoxy) is 1. The fourth-order valence-corrected chi connectivity index (χ4v) is 0.935. The lowest BCUT2D eigenvalue weighted by Crippen LogP contribution is -2.23. The molecule has 0 aromatic heterocycles. The van der Waals surface area contributed by atoms with Crippen LogP contribution in [-0.4, -0.2) is 17.5 Å². The van der Waals surface area contributed by atoms with E-state index in [2.05, 4.69) is 31.9 Å².